The summed E-state index contributed by atoms with van der Waals surface area (Å²) in [4.78, 5) is 14.6. The van der Waals surface area contributed by atoms with E-state index in [0.717, 1.165) is 50.8 Å². The predicted octanol–water partition coefficient (Wildman–Crippen LogP) is 2.18. The number of nitrogens with zero attached hydrogens (tertiary/aromatic N) is 1. The normalized spacial score (nSPS) is 24.3. The van der Waals surface area contributed by atoms with Gasteiger partial charge in [0.15, 0.2) is 0 Å². The SMILES string of the molecule is NC1(C(=O)NC2CCCN(c3cccc(F)c3)C2)CCCC1. The van der Waals surface area contributed by atoms with E-state index in [9.17, 15) is 9.18 Å². The van der Waals surface area contributed by atoms with Gasteiger partial charge >= 0.3 is 0 Å². The maximum Gasteiger partial charge on any atom is 0.240 e. The molecule has 2 aliphatic rings. The number of anilines is 1. The first-order valence-corrected chi connectivity index (χ1v) is 8.17. The van der Waals surface area contributed by atoms with Gasteiger partial charge in [-0.25, -0.2) is 4.39 Å². The van der Waals surface area contributed by atoms with Crippen molar-refractivity contribution in [3.05, 3.63) is 30.1 Å². The van der Waals surface area contributed by atoms with E-state index in [1.165, 1.54) is 6.07 Å². The lowest BCUT2D eigenvalue weighted by molar-refractivity contribution is -0.126. The number of hydrogen-bond donors (Lipinski definition) is 2. The molecule has 1 atom stereocenters. The molecule has 1 heterocycles. The molecule has 0 bridgehead atoms. The predicted molar refractivity (Wildman–Crippen MR) is 85.2 cm³/mol. The third-order valence-corrected chi connectivity index (χ3v) is 4.88. The van der Waals surface area contributed by atoms with Crippen molar-refractivity contribution in [1.82, 2.24) is 5.32 Å². The zero-order valence-electron chi connectivity index (χ0n) is 12.9. The molecule has 1 amide bonds. The minimum atomic E-state index is -0.679. The molecule has 1 aromatic rings. The Morgan fingerprint density at radius 3 is 2.82 bits per heavy atom. The molecule has 5 heteroatoms. The number of amides is 1. The van der Waals surface area contributed by atoms with Crippen LogP contribution in [0, 0.1) is 5.82 Å². The molecule has 1 aliphatic heterocycles. The van der Waals surface area contributed by atoms with E-state index in [0.29, 0.717) is 6.54 Å². The largest absolute Gasteiger partial charge is 0.369 e. The minimum absolute atomic E-state index is 0.0175. The van der Waals surface area contributed by atoms with Crippen LogP contribution in [0.4, 0.5) is 10.1 Å². The smallest absolute Gasteiger partial charge is 0.240 e. The molecule has 1 saturated carbocycles. The number of hydrogen-bond acceptors (Lipinski definition) is 3. The summed E-state index contributed by atoms with van der Waals surface area (Å²) >= 11 is 0. The fourth-order valence-corrected chi connectivity index (χ4v) is 3.56. The molecule has 1 aromatic carbocycles. The van der Waals surface area contributed by atoms with Gasteiger partial charge in [0.2, 0.25) is 5.91 Å². The molecule has 0 radical (unpaired) electrons. The van der Waals surface area contributed by atoms with Gasteiger partial charge in [0.1, 0.15) is 5.82 Å². The molecule has 0 aromatic heterocycles. The van der Waals surface area contributed by atoms with Crippen molar-refractivity contribution in [2.75, 3.05) is 18.0 Å². The lowest BCUT2D eigenvalue weighted by Gasteiger charge is -2.36. The Morgan fingerprint density at radius 2 is 2.09 bits per heavy atom. The third-order valence-electron chi connectivity index (χ3n) is 4.88. The van der Waals surface area contributed by atoms with Crippen LogP contribution >= 0.6 is 0 Å². The average molecular weight is 305 g/mol. The van der Waals surface area contributed by atoms with Crippen LogP contribution in [-0.4, -0.2) is 30.6 Å². The summed E-state index contributed by atoms with van der Waals surface area (Å²) < 4.78 is 13.4. The molecule has 1 aliphatic carbocycles. The lowest BCUT2D eigenvalue weighted by Crippen LogP contribution is -2.57. The molecule has 3 N–H and O–H groups in total. The number of carbonyl (C=O) groups excluding carboxylic acids is 1. The van der Waals surface area contributed by atoms with Crippen molar-refractivity contribution in [3.8, 4) is 0 Å². The van der Waals surface area contributed by atoms with Crippen molar-refractivity contribution < 1.29 is 9.18 Å². The van der Waals surface area contributed by atoms with Gasteiger partial charge in [-0.15, -0.1) is 0 Å². The molecule has 1 unspecified atom stereocenters. The van der Waals surface area contributed by atoms with Crippen molar-refractivity contribution >= 4 is 11.6 Å². The highest BCUT2D eigenvalue weighted by molar-refractivity contribution is 5.86. The van der Waals surface area contributed by atoms with Crippen molar-refractivity contribution in [2.45, 2.75) is 50.1 Å². The highest BCUT2D eigenvalue weighted by Gasteiger charge is 2.38. The number of carbonyl (C=O) groups is 1. The molecule has 1 saturated heterocycles. The molecule has 3 rings (SSSR count). The van der Waals surface area contributed by atoms with E-state index in [-0.39, 0.29) is 17.8 Å². The van der Waals surface area contributed by atoms with Crippen LogP contribution < -0.4 is 16.0 Å². The summed E-state index contributed by atoms with van der Waals surface area (Å²) in [6.45, 7) is 1.61. The van der Waals surface area contributed by atoms with E-state index in [2.05, 4.69) is 10.2 Å². The maximum absolute atomic E-state index is 13.4. The van der Waals surface area contributed by atoms with Crippen LogP contribution in [0.1, 0.15) is 38.5 Å². The fraction of sp³-hybridized carbons (Fsp3) is 0.588. The van der Waals surface area contributed by atoms with Gasteiger partial charge in [-0.05, 0) is 43.9 Å². The Kier molecular flexibility index (Phi) is 4.34. The van der Waals surface area contributed by atoms with Crippen LogP contribution in [0.25, 0.3) is 0 Å². The number of rotatable bonds is 3. The highest BCUT2D eigenvalue weighted by atomic mass is 19.1. The summed E-state index contributed by atoms with van der Waals surface area (Å²) in [7, 11) is 0. The first-order chi connectivity index (χ1) is 10.6. The van der Waals surface area contributed by atoms with Crippen LogP contribution in [-0.2, 0) is 4.79 Å². The molecular weight excluding hydrogens is 281 g/mol. The summed E-state index contributed by atoms with van der Waals surface area (Å²) in [5, 5.41) is 3.12. The second-order valence-corrected chi connectivity index (χ2v) is 6.60. The summed E-state index contributed by atoms with van der Waals surface area (Å²) in [5.41, 5.74) is 6.41. The van der Waals surface area contributed by atoms with E-state index in [4.69, 9.17) is 5.73 Å². The van der Waals surface area contributed by atoms with Crippen LogP contribution in [0.5, 0.6) is 0 Å². The second kappa shape index (κ2) is 6.24. The molecule has 2 fully saturated rings. The number of nitrogens with one attached hydrogen (secondary N) is 1. The fourth-order valence-electron chi connectivity index (χ4n) is 3.56. The standard InChI is InChI=1S/C17H24FN3O/c18-13-5-3-7-15(11-13)21-10-4-6-14(12-21)20-16(22)17(19)8-1-2-9-17/h3,5,7,11,14H,1-2,4,6,8-10,12,19H2,(H,20,22). The Hall–Kier alpha value is -1.62. The lowest BCUT2D eigenvalue weighted by atomic mass is 9.96. The zero-order chi connectivity index (χ0) is 15.6. The number of piperidine rings is 1. The molecule has 4 nitrogen and oxygen atoms in total. The van der Waals surface area contributed by atoms with Crippen molar-refractivity contribution in [1.29, 1.82) is 0 Å². The summed E-state index contributed by atoms with van der Waals surface area (Å²) in [6, 6.07) is 6.72. The summed E-state index contributed by atoms with van der Waals surface area (Å²) in [5.74, 6) is -0.244. The van der Waals surface area contributed by atoms with Crippen molar-refractivity contribution in [3.63, 3.8) is 0 Å². The van der Waals surface area contributed by atoms with Gasteiger partial charge < -0.3 is 16.0 Å². The Bertz CT molecular complexity index is 542. The van der Waals surface area contributed by atoms with Gasteiger partial charge in [0.25, 0.3) is 0 Å². The number of benzene rings is 1. The zero-order valence-corrected chi connectivity index (χ0v) is 12.9. The number of nitrogens with two attached hydrogens (primary N) is 1. The van der Waals surface area contributed by atoms with E-state index in [1.54, 1.807) is 12.1 Å². The van der Waals surface area contributed by atoms with E-state index < -0.39 is 5.54 Å². The summed E-state index contributed by atoms with van der Waals surface area (Å²) in [6.07, 6.45) is 5.55. The minimum Gasteiger partial charge on any atom is -0.369 e. The number of halogens is 1. The quantitative estimate of drug-likeness (QED) is 0.900. The first kappa shape index (κ1) is 15.3. The molecule has 22 heavy (non-hydrogen) atoms. The van der Waals surface area contributed by atoms with Gasteiger partial charge in [-0.3, -0.25) is 4.79 Å². The van der Waals surface area contributed by atoms with Crippen LogP contribution in [0.3, 0.4) is 0 Å². The van der Waals surface area contributed by atoms with Crippen LogP contribution in [0.15, 0.2) is 24.3 Å². The molecule has 120 valence electrons. The second-order valence-electron chi connectivity index (χ2n) is 6.60. The highest BCUT2D eigenvalue weighted by Crippen LogP contribution is 2.28. The average Bonchev–Trinajstić information content (AvgIpc) is 2.96. The van der Waals surface area contributed by atoms with Gasteiger partial charge in [-0.1, -0.05) is 18.9 Å². The van der Waals surface area contributed by atoms with Crippen LogP contribution in [0.2, 0.25) is 0 Å². The van der Waals surface area contributed by atoms with Gasteiger partial charge in [0, 0.05) is 24.8 Å². The Morgan fingerprint density at radius 1 is 1.32 bits per heavy atom. The Labute approximate surface area is 130 Å². The van der Waals surface area contributed by atoms with E-state index >= 15 is 0 Å². The molecular formula is C17H24FN3O. The van der Waals surface area contributed by atoms with Crippen molar-refractivity contribution in [2.24, 2.45) is 5.73 Å². The Balaban J connectivity index is 1.62. The third kappa shape index (κ3) is 3.24. The monoisotopic (exact) mass is 305 g/mol. The maximum atomic E-state index is 13.4. The van der Waals surface area contributed by atoms with E-state index in [1.807, 2.05) is 6.07 Å². The molecule has 0 spiro atoms. The van der Waals surface area contributed by atoms with Gasteiger partial charge in [0.05, 0.1) is 5.54 Å². The van der Waals surface area contributed by atoms with Gasteiger partial charge in [-0.2, -0.15) is 0 Å². The topological polar surface area (TPSA) is 58.4 Å². The first-order valence-electron chi connectivity index (χ1n) is 8.17.